The summed E-state index contributed by atoms with van der Waals surface area (Å²) < 4.78 is 0. The second kappa shape index (κ2) is 9.05. The summed E-state index contributed by atoms with van der Waals surface area (Å²) in [6, 6.07) is 0. The minimum atomic E-state index is 1.09. The predicted octanol–water partition coefficient (Wildman–Crippen LogP) is 4.42. The molecule has 0 aromatic heterocycles. The number of hydrogen-bond acceptors (Lipinski definition) is 0. The van der Waals surface area contributed by atoms with Crippen LogP contribution in [0, 0.1) is 0 Å². The molecule has 0 saturated carbocycles. The maximum atomic E-state index is 2.19. The molecule has 1 aliphatic carbocycles. The highest BCUT2D eigenvalue weighted by Gasteiger charge is 1.88. The SMILES string of the molecule is CC.CC/C1=C/C=C\C=C/C=C/C1. The first-order valence-corrected chi connectivity index (χ1v) is 5.11. The Labute approximate surface area is 82.4 Å². The van der Waals surface area contributed by atoms with Gasteiger partial charge in [-0.25, -0.2) is 0 Å². The zero-order valence-corrected chi connectivity index (χ0v) is 8.96. The van der Waals surface area contributed by atoms with Gasteiger partial charge in [-0.3, -0.25) is 0 Å². The predicted molar refractivity (Wildman–Crippen MR) is 61.8 cm³/mol. The molecule has 0 spiro atoms. The molecule has 0 atom stereocenters. The molecule has 0 heterocycles. The lowest BCUT2D eigenvalue weighted by atomic mass is 10.1. The van der Waals surface area contributed by atoms with Crippen LogP contribution in [-0.2, 0) is 0 Å². The van der Waals surface area contributed by atoms with E-state index in [2.05, 4.69) is 43.4 Å². The fraction of sp³-hybridized carbons (Fsp3) is 0.385. The minimum Gasteiger partial charge on any atom is -0.0805 e. The molecule has 0 aromatic rings. The number of rotatable bonds is 1. The molecule has 0 N–H and O–H groups in total. The van der Waals surface area contributed by atoms with Crippen LogP contribution in [0.15, 0.2) is 48.1 Å². The van der Waals surface area contributed by atoms with Crippen molar-refractivity contribution in [3.63, 3.8) is 0 Å². The molecule has 13 heavy (non-hydrogen) atoms. The molecular weight excluding hydrogens is 156 g/mol. The van der Waals surface area contributed by atoms with Crippen LogP contribution in [0.3, 0.4) is 0 Å². The Morgan fingerprint density at radius 1 is 1.00 bits per heavy atom. The molecule has 0 bridgehead atoms. The van der Waals surface area contributed by atoms with E-state index in [9.17, 15) is 0 Å². The topological polar surface area (TPSA) is 0 Å². The van der Waals surface area contributed by atoms with E-state index in [1.807, 2.05) is 19.9 Å². The summed E-state index contributed by atoms with van der Waals surface area (Å²) in [5, 5.41) is 0. The van der Waals surface area contributed by atoms with Crippen molar-refractivity contribution in [1.82, 2.24) is 0 Å². The van der Waals surface area contributed by atoms with Crippen molar-refractivity contribution in [2.75, 3.05) is 0 Å². The summed E-state index contributed by atoms with van der Waals surface area (Å²) in [5.41, 5.74) is 1.49. The first kappa shape index (κ1) is 12.0. The van der Waals surface area contributed by atoms with Crippen molar-refractivity contribution < 1.29 is 0 Å². The van der Waals surface area contributed by atoms with Crippen LogP contribution in [0.25, 0.3) is 0 Å². The quantitative estimate of drug-likeness (QED) is 0.554. The van der Waals surface area contributed by atoms with E-state index in [0.29, 0.717) is 0 Å². The van der Waals surface area contributed by atoms with E-state index in [1.165, 1.54) is 5.57 Å². The second-order valence-corrected chi connectivity index (χ2v) is 2.58. The molecule has 1 aliphatic rings. The van der Waals surface area contributed by atoms with Gasteiger partial charge in [0.15, 0.2) is 0 Å². The van der Waals surface area contributed by atoms with Gasteiger partial charge in [-0.15, -0.1) is 0 Å². The summed E-state index contributed by atoms with van der Waals surface area (Å²) in [6.45, 7) is 6.19. The molecule has 0 aliphatic heterocycles. The lowest BCUT2D eigenvalue weighted by Gasteiger charge is -1.96. The number of allylic oxidation sites excluding steroid dienone is 8. The third-order valence-corrected chi connectivity index (χ3v) is 1.75. The summed E-state index contributed by atoms with van der Waals surface area (Å²) in [6.07, 6.45) is 17.0. The summed E-state index contributed by atoms with van der Waals surface area (Å²) >= 11 is 0. The van der Waals surface area contributed by atoms with Crippen molar-refractivity contribution >= 4 is 0 Å². The van der Waals surface area contributed by atoms with E-state index >= 15 is 0 Å². The van der Waals surface area contributed by atoms with E-state index in [1.54, 1.807) is 0 Å². The standard InChI is InChI=1S/C11H14.C2H6/c1-2-11-9-7-5-3-4-6-8-10-11;1-2/h3-9H,2,10H2,1H3;1-2H3/b4-3-,7-5-,8-6+,11-9-;. The van der Waals surface area contributed by atoms with E-state index in [-0.39, 0.29) is 0 Å². The molecular formula is C13H20. The van der Waals surface area contributed by atoms with Gasteiger partial charge in [0.1, 0.15) is 0 Å². The Morgan fingerprint density at radius 3 is 2.31 bits per heavy atom. The molecule has 0 aromatic carbocycles. The fourth-order valence-electron chi connectivity index (χ4n) is 1.01. The molecule has 1 rings (SSSR count). The lowest BCUT2D eigenvalue weighted by Crippen LogP contribution is -1.75. The molecule has 0 saturated heterocycles. The molecule has 72 valence electrons. The van der Waals surface area contributed by atoms with Gasteiger partial charge >= 0.3 is 0 Å². The van der Waals surface area contributed by atoms with Gasteiger partial charge < -0.3 is 0 Å². The van der Waals surface area contributed by atoms with Gasteiger partial charge in [0.05, 0.1) is 0 Å². The van der Waals surface area contributed by atoms with Crippen molar-refractivity contribution in [3.8, 4) is 0 Å². The van der Waals surface area contributed by atoms with E-state index in [0.717, 1.165) is 12.8 Å². The average molecular weight is 176 g/mol. The first-order chi connectivity index (χ1) is 6.43. The van der Waals surface area contributed by atoms with Gasteiger partial charge in [-0.05, 0) is 12.8 Å². The van der Waals surface area contributed by atoms with Crippen LogP contribution in [0.4, 0.5) is 0 Å². The molecule has 0 fully saturated rings. The monoisotopic (exact) mass is 176 g/mol. The normalized spacial score (nSPS) is 26.2. The van der Waals surface area contributed by atoms with Crippen molar-refractivity contribution in [2.24, 2.45) is 0 Å². The second-order valence-electron chi connectivity index (χ2n) is 2.58. The van der Waals surface area contributed by atoms with Gasteiger partial charge in [0.25, 0.3) is 0 Å². The van der Waals surface area contributed by atoms with Crippen LogP contribution in [0.2, 0.25) is 0 Å². The maximum Gasteiger partial charge on any atom is -0.0133 e. The van der Waals surface area contributed by atoms with E-state index < -0.39 is 0 Å². The lowest BCUT2D eigenvalue weighted by molar-refractivity contribution is 1.03. The third-order valence-electron chi connectivity index (χ3n) is 1.75. The van der Waals surface area contributed by atoms with Crippen LogP contribution in [-0.4, -0.2) is 0 Å². The number of hydrogen-bond donors (Lipinski definition) is 0. The summed E-state index contributed by atoms with van der Waals surface area (Å²) in [5.74, 6) is 0. The third kappa shape index (κ3) is 6.15. The molecule has 0 radical (unpaired) electrons. The largest absolute Gasteiger partial charge is 0.0805 e. The van der Waals surface area contributed by atoms with Gasteiger partial charge in [-0.1, -0.05) is 68.9 Å². The van der Waals surface area contributed by atoms with E-state index in [4.69, 9.17) is 0 Å². The van der Waals surface area contributed by atoms with Gasteiger partial charge in [0, 0.05) is 0 Å². The molecule has 0 heteroatoms. The van der Waals surface area contributed by atoms with Crippen LogP contribution < -0.4 is 0 Å². The summed E-state index contributed by atoms with van der Waals surface area (Å²) in [4.78, 5) is 0. The Bertz CT molecular complexity index is 214. The highest BCUT2D eigenvalue weighted by molar-refractivity contribution is 5.23. The van der Waals surface area contributed by atoms with Crippen LogP contribution in [0.5, 0.6) is 0 Å². The van der Waals surface area contributed by atoms with Gasteiger partial charge in [0.2, 0.25) is 0 Å². The first-order valence-electron chi connectivity index (χ1n) is 5.11. The minimum absolute atomic E-state index is 1.09. The van der Waals surface area contributed by atoms with Crippen LogP contribution >= 0.6 is 0 Å². The Balaban J connectivity index is 0.000000671. The average Bonchev–Trinajstić information content (AvgIpc) is 2.33. The Hall–Kier alpha value is -1.04. The molecule has 0 amide bonds. The fourth-order valence-corrected chi connectivity index (χ4v) is 1.01. The zero-order chi connectivity index (χ0) is 9.94. The smallest absolute Gasteiger partial charge is 0.0133 e. The summed E-state index contributed by atoms with van der Waals surface area (Å²) in [7, 11) is 0. The highest BCUT2D eigenvalue weighted by Crippen LogP contribution is 2.08. The molecule has 0 nitrogen and oxygen atoms in total. The van der Waals surface area contributed by atoms with Crippen molar-refractivity contribution in [1.29, 1.82) is 0 Å². The van der Waals surface area contributed by atoms with Crippen molar-refractivity contribution in [3.05, 3.63) is 48.1 Å². The van der Waals surface area contributed by atoms with Crippen LogP contribution in [0.1, 0.15) is 33.6 Å². The van der Waals surface area contributed by atoms with Gasteiger partial charge in [-0.2, -0.15) is 0 Å². The highest BCUT2D eigenvalue weighted by atomic mass is 13.9. The Morgan fingerprint density at radius 2 is 1.62 bits per heavy atom. The molecule has 0 unspecified atom stereocenters. The maximum absolute atomic E-state index is 2.19. The zero-order valence-electron chi connectivity index (χ0n) is 8.96. The van der Waals surface area contributed by atoms with Crippen molar-refractivity contribution in [2.45, 2.75) is 33.6 Å². The Kier molecular flexibility index (Phi) is 8.33.